The Morgan fingerprint density at radius 1 is 1.22 bits per heavy atom. The topological polar surface area (TPSA) is 126 Å². The summed E-state index contributed by atoms with van der Waals surface area (Å²) in [4.78, 5) is 1.37. The highest BCUT2D eigenvalue weighted by atomic mass is 16.6. The maximum Gasteiger partial charge on any atom is 0.167 e. The van der Waals surface area contributed by atoms with Gasteiger partial charge in [0.15, 0.2) is 6.35 Å². The van der Waals surface area contributed by atoms with Crippen LogP contribution in [0.1, 0.15) is 6.92 Å². The fourth-order valence-electron chi connectivity index (χ4n) is 2.36. The molecule has 0 bridgehead atoms. The van der Waals surface area contributed by atoms with Gasteiger partial charge in [-0.15, -0.1) is 0 Å². The molecule has 0 aromatic heterocycles. The smallest absolute Gasteiger partial charge is 0.167 e. The number of hydrogen-bond acceptors (Lipinski definition) is 8. The van der Waals surface area contributed by atoms with Crippen LogP contribution in [0.5, 0.6) is 0 Å². The first-order valence-electron chi connectivity index (χ1n) is 5.96. The highest BCUT2D eigenvalue weighted by Gasteiger charge is 2.47. The van der Waals surface area contributed by atoms with E-state index in [1.165, 1.54) is 4.90 Å². The Morgan fingerprint density at radius 2 is 1.89 bits per heavy atom. The maximum atomic E-state index is 9.84. The molecule has 2 fully saturated rings. The maximum absolute atomic E-state index is 9.84. The van der Waals surface area contributed by atoms with E-state index in [1.807, 2.05) is 0 Å². The first-order valence-corrected chi connectivity index (χ1v) is 5.96. The molecule has 106 valence electrons. The fourth-order valence-corrected chi connectivity index (χ4v) is 2.36. The Kier molecular flexibility index (Phi) is 4.19. The molecule has 0 aliphatic carbocycles. The molecule has 7 atom stereocenters. The minimum Gasteiger partial charge on any atom is -0.396 e. The van der Waals surface area contributed by atoms with E-state index < -0.39 is 43.0 Å². The van der Waals surface area contributed by atoms with Gasteiger partial charge in [0.2, 0.25) is 0 Å². The summed E-state index contributed by atoms with van der Waals surface area (Å²) < 4.78 is 5.39. The Labute approximate surface area is 104 Å². The number of aliphatic hydroxyl groups is 5. The van der Waals surface area contributed by atoms with Crippen molar-refractivity contribution in [3.8, 4) is 0 Å². The second-order valence-corrected chi connectivity index (χ2v) is 4.84. The van der Waals surface area contributed by atoms with Crippen LogP contribution in [-0.2, 0) is 4.74 Å². The van der Waals surface area contributed by atoms with Crippen LogP contribution in [0.2, 0.25) is 0 Å². The van der Waals surface area contributed by atoms with E-state index in [0.29, 0.717) is 0 Å². The van der Waals surface area contributed by atoms with Crippen molar-refractivity contribution in [1.82, 2.24) is 10.2 Å². The molecular weight excluding hydrogens is 244 g/mol. The second-order valence-electron chi connectivity index (χ2n) is 4.84. The zero-order valence-electron chi connectivity index (χ0n) is 10.0. The van der Waals surface area contributed by atoms with E-state index in [2.05, 4.69) is 5.32 Å². The lowest BCUT2D eigenvalue weighted by Crippen LogP contribution is -2.65. The predicted molar refractivity (Wildman–Crippen MR) is 58.8 cm³/mol. The van der Waals surface area contributed by atoms with Crippen LogP contribution < -0.4 is 5.32 Å². The van der Waals surface area contributed by atoms with E-state index in [4.69, 9.17) is 9.84 Å². The average molecular weight is 264 g/mol. The Balaban J connectivity index is 2.08. The number of hydrogen-bond donors (Lipinski definition) is 6. The summed E-state index contributed by atoms with van der Waals surface area (Å²) in [7, 11) is 0. The molecule has 7 unspecified atom stereocenters. The summed E-state index contributed by atoms with van der Waals surface area (Å²) in [6.45, 7) is 1.50. The minimum atomic E-state index is -1.21. The van der Waals surface area contributed by atoms with Crippen molar-refractivity contribution in [3.05, 3.63) is 0 Å². The molecule has 0 spiro atoms. The van der Waals surface area contributed by atoms with Crippen molar-refractivity contribution >= 4 is 0 Å². The Hall–Kier alpha value is -0.320. The molecule has 2 rings (SSSR count). The molecule has 0 radical (unpaired) electrons. The Morgan fingerprint density at radius 3 is 2.39 bits per heavy atom. The number of ether oxygens (including phenoxy) is 1. The molecule has 0 aromatic carbocycles. The minimum absolute atomic E-state index is 0.146. The van der Waals surface area contributed by atoms with Crippen molar-refractivity contribution in [2.75, 3.05) is 13.2 Å². The van der Waals surface area contributed by atoms with E-state index in [9.17, 15) is 20.4 Å². The van der Waals surface area contributed by atoms with Gasteiger partial charge in [-0.05, 0) is 6.92 Å². The molecule has 8 heteroatoms. The van der Waals surface area contributed by atoms with Gasteiger partial charge < -0.3 is 30.3 Å². The van der Waals surface area contributed by atoms with Crippen LogP contribution in [0.3, 0.4) is 0 Å². The fraction of sp³-hybridized carbons (Fsp3) is 1.00. The number of aliphatic hydroxyl groups excluding tert-OH is 5. The van der Waals surface area contributed by atoms with E-state index in [1.54, 1.807) is 6.92 Å². The third-order valence-corrected chi connectivity index (χ3v) is 3.56. The van der Waals surface area contributed by atoms with E-state index >= 15 is 0 Å². The molecular formula is C10H20N2O6. The van der Waals surface area contributed by atoms with E-state index in [-0.39, 0.29) is 13.2 Å². The zero-order valence-corrected chi connectivity index (χ0v) is 10.0. The standard InChI is InChI=1S/C10H20N2O6/c1-4-6(14)7(15)9(18-4)12-2-5(3-13)8(16)11-10(12)17/h4-11,13-17H,2-3H2,1H3. The van der Waals surface area contributed by atoms with Crippen LogP contribution >= 0.6 is 0 Å². The predicted octanol–water partition coefficient (Wildman–Crippen LogP) is -3.44. The van der Waals surface area contributed by atoms with Crippen molar-refractivity contribution in [3.63, 3.8) is 0 Å². The summed E-state index contributed by atoms with van der Waals surface area (Å²) >= 11 is 0. The molecule has 6 N–H and O–H groups in total. The van der Waals surface area contributed by atoms with Crippen LogP contribution in [-0.4, -0.2) is 80.7 Å². The van der Waals surface area contributed by atoms with Crippen molar-refractivity contribution in [2.45, 2.75) is 44.0 Å². The third-order valence-electron chi connectivity index (χ3n) is 3.56. The first-order chi connectivity index (χ1) is 8.45. The SMILES string of the molecule is CC1OC(N2CC(CO)C(O)NC2O)C(O)C1O. The molecule has 2 saturated heterocycles. The molecule has 2 aliphatic heterocycles. The Bertz CT molecular complexity index is 294. The molecule has 18 heavy (non-hydrogen) atoms. The molecule has 0 aromatic rings. The highest BCUT2D eigenvalue weighted by Crippen LogP contribution is 2.27. The van der Waals surface area contributed by atoms with Crippen molar-refractivity contribution in [1.29, 1.82) is 0 Å². The second kappa shape index (κ2) is 5.35. The molecule has 2 aliphatic rings. The van der Waals surface area contributed by atoms with Crippen LogP contribution in [0.15, 0.2) is 0 Å². The highest BCUT2D eigenvalue weighted by molar-refractivity contribution is 4.91. The van der Waals surface area contributed by atoms with Crippen LogP contribution in [0.25, 0.3) is 0 Å². The van der Waals surface area contributed by atoms with Gasteiger partial charge in [0.05, 0.1) is 12.7 Å². The van der Waals surface area contributed by atoms with Gasteiger partial charge in [0.25, 0.3) is 0 Å². The van der Waals surface area contributed by atoms with Crippen molar-refractivity contribution in [2.24, 2.45) is 5.92 Å². The normalized spacial score (nSPS) is 50.7. The van der Waals surface area contributed by atoms with Gasteiger partial charge in [-0.1, -0.05) is 0 Å². The number of nitrogens with one attached hydrogen (secondary N) is 1. The monoisotopic (exact) mass is 264 g/mol. The first kappa shape index (κ1) is 14.1. The van der Waals surface area contributed by atoms with Crippen LogP contribution in [0, 0.1) is 5.92 Å². The van der Waals surface area contributed by atoms with Gasteiger partial charge in [-0.25, -0.2) is 4.90 Å². The van der Waals surface area contributed by atoms with Gasteiger partial charge in [-0.2, -0.15) is 0 Å². The van der Waals surface area contributed by atoms with Crippen molar-refractivity contribution < 1.29 is 30.3 Å². The molecule has 8 nitrogen and oxygen atoms in total. The largest absolute Gasteiger partial charge is 0.396 e. The molecule has 2 heterocycles. The summed E-state index contributed by atoms with van der Waals surface area (Å²) in [6, 6.07) is 0. The summed E-state index contributed by atoms with van der Waals surface area (Å²) in [5, 5.41) is 50.4. The van der Waals surface area contributed by atoms with E-state index in [0.717, 1.165) is 0 Å². The molecule has 0 saturated carbocycles. The average Bonchev–Trinajstić information content (AvgIpc) is 2.57. The van der Waals surface area contributed by atoms with Gasteiger partial charge in [-0.3, -0.25) is 5.32 Å². The molecule has 0 amide bonds. The van der Waals surface area contributed by atoms with Gasteiger partial charge >= 0.3 is 0 Å². The third kappa shape index (κ3) is 2.38. The lowest BCUT2D eigenvalue weighted by molar-refractivity contribution is -0.206. The summed E-state index contributed by atoms with van der Waals surface area (Å²) in [5.74, 6) is -0.503. The zero-order chi connectivity index (χ0) is 13.4. The van der Waals surface area contributed by atoms with Gasteiger partial charge in [0, 0.05) is 12.5 Å². The van der Waals surface area contributed by atoms with Crippen LogP contribution in [0.4, 0.5) is 0 Å². The summed E-state index contributed by atoms with van der Waals surface area (Å²) in [6.07, 6.45) is -5.83. The van der Waals surface area contributed by atoms with Gasteiger partial charge in [0.1, 0.15) is 24.7 Å². The quantitative estimate of drug-likeness (QED) is 0.304. The number of nitrogens with zero attached hydrogens (tertiary/aromatic N) is 1. The lowest BCUT2D eigenvalue weighted by atomic mass is 10.0. The lowest BCUT2D eigenvalue weighted by Gasteiger charge is -2.43. The number of rotatable bonds is 2. The summed E-state index contributed by atoms with van der Waals surface area (Å²) in [5.41, 5.74) is 0.